The van der Waals surface area contributed by atoms with Crippen molar-refractivity contribution in [3.8, 4) is 0 Å². The summed E-state index contributed by atoms with van der Waals surface area (Å²) in [7, 11) is 0. The van der Waals surface area contributed by atoms with Gasteiger partial charge in [-0.15, -0.1) is 11.3 Å². The van der Waals surface area contributed by atoms with Gasteiger partial charge in [0.1, 0.15) is 10.5 Å². The number of hydrogen-bond donors (Lipinski definition) is 0. The van der Waals surface area contributed by atoms with Crippen LogP contribution < -0.4 is 11.1 Å². The van der Waals surface area contributed by atoms with Crippen molar-refractivity contribution in [1.82, 2.24) is 18.9 Å². The normalized spacial score (nSPS) is 14.3. The van der Waals surface area contributed by atoms with Crippen LogP contribution in [-0.2, 0) is 19.4 Å². The second kappa shape index (κ2) is 6.83. The van der Waals surface area contributed by atoms with Crippen LogP contribution in [0.1, 0.15) is 35.4 Å². The number of hydrogen-bond acceptors (Lipinski definition) is 5. The zero-order chi connectivity index (χ0) is 19.3. The Kier molecular flexibility index (Phi) is 4.29. The minimum atomic E-state index is -0.228. The van der Waals surface area contributed by atoms with E-state index in [0.29, 0.717) is 16.4 Å². The molecule has 0 saturated heterocycles. The van der Waals surface area contributed by atoms with Crippen LogP contribution in [0, 0.1) is 0 Å². The molecule has 0 aromatic carbocycles. The molecule has 0 saturated carbocycles. The molecule has 4 aromatic rings. The molecule has 0 amide bonds. The van der Waals surface area contributed by atoms with Crippen LogP contribution in [-0.4, -0.2) is 18.9 Å². The zero-order valence-electron chi connectivity index (χ0n) is 15.0. The maximum absolute atomic E-state index is 13.2. The Hall–Kier alpha value is -2.51. The highest BCUT2D eigenvalue weighted by molar-refractivity contribution is 7.18. The zero-order valence-corrected chi connectivity index (χ0v) is 16.6. The molecule has 0 bridgehead atoms. The third kappa shape index (κ3) is 2.95. The van der Waals surface area contributed by atoms with Gasteiger partial charge in [0.2, 0.25) is 0 Å². The van der Waals surface area contributed by atoms with Crippen molar-refractivity contribution >= 4 is 38.8 Å². The van der Waals surface area contributed by atoms with Crippen molar-refractivity contribution in [3.63, 3.8) is 0 Å². The number of aryl methyl sites for hydroxylation is 2. The van der Waals surface area contributed by atoms with E-state index in [1.807, 2.05) is 0 Å². The Balaban J connectivity index is 1.60. The molecule has 4 aromatic heterocycles. The maximum Gasteiger partial charge on any atom is 0.262 e. The molecule has 8 heteroatoms. The number of halogens is 1. The minimum absolute atomic E-state index is 0.0532. The van der Waals surface area contributed by atoms with Crippen LogP contribution in [0.5, 0.6) is 0 Å². The molecule has 0 radical (unpaired) electrons. The van der Waals surface area contributed by atoms with Gasteiger partial charge in [-0.2, -0.15) is 0 Å². The highest BCUT2D eigenvalue weighted by atomic mass is 35.5. The predicted molar refractivity (Wildman–Crippen MR) is 111 cm³/mol. The number of rotatable bonds is 2. The second-order valence-electron chi connectivity index (χ2n) is 7.08. The van der Waals surface area contributed by atoms with E-state index >= 15 is 0 Å². The van der Waals surface area contributed by atoms with Crippen LogP contribution in [0.4, 0.5) is 0 Å². The molecule has 1 aliphatic rings. The first-order chi connectivity index (χ1) is 13.6. The third-order valence-corrected chi connectivity index (χ3v) is 6.62. The Morgan fingerprint density at radius 2 is 2.00 bits per heavy atom. The highest BCUT2D eigenvalue weighted by Gasteiger charge is 2.19. The molecule has 6 nitrogen and oxygen atoms in total. The molecule has 0 unspecified atom stereocenters. The number of pyridine rings is 1. The van der Waals surface area contributed by atoms with Gasteiger partial charge in [0, 0.05) is 17.1 Å². The quantitative estimate of drug-likeness (QED) is 0.473. The summed E-state index contributed by atoms with van der Waals surface area (Å²) in [6.07, 6.45) is 8.55. The van der Waals surface area contributed by atoms with E-state index in [-0.39, 0.29) is 17.7 Å². The first-order valence-corrected chi connectivity index (χ1v) is 10.5. The standard InChI is InChI=1S/C20H17ClN4O2S/c21-12-6-7-16-23-13(8-17(26)25(16)9-12)10-24-11-22-19-18(20(24)27)14-4-2-1-3-5-15(14)28-19/h6-9,11H,1-5,10H2. The Morgan fingerprint density at radius 3 is 2.89 bits per heavy atom. The van der Waals surface area contributed by atoms with Gasteiger partial charge in [0.25, 0.3) is 11.1 Å². The molecule has 0 aliphatic heterocycles. The summed E-state index contributed by atoms with van der Waals surface area (Å²) in [4.78, 5) is 36.7. The van der Waals surface area contributed by atoms with E-state index in [2.05, 4.69) is 9.97 Å². The van der Waals surface area contributed by atoms with Crippen molar-refractivity contribution in [2.45, 2.75) is 38.6 Å². The Labute approximate surface area is 169 Å². The largest absolute Gasteiger partial charge is 0.293 e. The van der Waals surface area contributed by atoms with Crippen LogP contribution in [0.3, 0.4) is 0 Å². The molecule has 4 heterocycles. The molecule has 0 atom stereocenters. The van der Waals surface area contributed by atoms with Gasteiger partial charge in [0.05, 0.1) is 29.0 Å². The van der Waals surface area contributed by atoms with E-state index in [9.17, 15) is 9.59 Å². The van der Waals surface area contributed by atoms with Gasteiger partial charge in [-0.25, -0.2) is 9.97 Å². The summed E-state index contributed by atoms with van der Waals surface area (Å²) in [5.74, 6) is 0. The lowest BCUT2D eigenvalue weighted by Crippen LogP contribution is -2.23. The average Bonchev–Trinajstić information content (AvgIpc) is 2.87. The lowest BCUT2D eigenvalue weighted by atomic mass is 10.1. The summed E-state index contributed by atoms with van der Waals surface area (Å²) < 4.78 is 2.95. The van der Waals surface area contributed by atoms with Crippen LogP contribution in [0.25, 0.3) is 15.9 Å². The SMILES string of the molecule is O=c1c2c3c(sc2ncn1Cc1cc(=O)n2cc(Cl)ccc2n1)CCCCC3. The maximum atomic E-state index is 13.2. The number of thiophene rings is 1. The van der Waals surface area contributed by atoms with Crippen molar-refractivity contribution < 1.29 is 0 Å². The van der Waals surface area contributed by atoms with Gasteiger partial charge in [0.15, 0.2) is 0 Å². The number of fused-ring (bicyclic) bond motifs is 4. The van der Waals surface area contributed by atoms with Crippen molar-refractivity contribution in [2.24, 2.45) is 0 Å². The van der Waals surface area contributed by atoms with E-state index in [4.69, 9.17) is 11.6 Å². The summed E-state index contributed by atoms with van der Waals surface area (Å²) in [5.41, 5.74) is 1.91. The summed E-state index contributed by atoms with van der Waals surface area (Å²) >= 11 is 7.60. The van der Waals surface area contributed by atoms with Gasteiger partial charge >= 0.3 is 0 Å². The molecule has 142 valence electrons. The number of nitrogens with zero attached hydrogens (tertiary/aromatic N) is 4. The Bertz CT molecular complexity index is 1340. The second-order valence-corrected chi connectivity index (χ2v) is 8.60. The molecule has 5 rings (SSSR count). The van der Waals surface area contributed by atoms with Gasteiger partial charge in [-0.1, -0.05) is 18.0 Å². The predicted octanol–water partition coefficient (Wildman–Crippen LogP) is 3.44. The Morgan fingerprint density at radius 1 is 1.14 bits per heavy atom. The van der Waals surface area contributed by atoms with E-state index in [1.54, 1.807) is 34.4 Å². The van der Waals surface area contributed by atoms with Crippen LogP contribution >= 0.6 is 22.9 Å². The van der Waals surface area contributed by atoms with Gasteiger partial charge in [-0.3, -0.25) is 18.6 Å². The van der Waals surface area contributed by atoms with Crippen molar-refractivity contribution in [3.05, 3.63) is 72.6 Å². The van der Waals surface area contributed by atoms with Crippen molar-refractivity contribution in [2.75, 3.05) is 0 Å². The topological polar surface area (TPSA) is 69.3 Å². The first-order valence-electron chi connectivity index (χ1n) is 9.28. The fourth-order valence-electron chi connectivity index (χ4n) is 3.85. The molecular formula is C20H17ClN4O2S. The molecule has 0 fully saturated rings. The van der Waals surface area contributed by atoms with E-state index in [0.717, 1.165) is 29.5 Å². The molecule has 0 N–H and O–H groups in total. The molecule has 0 spiro atoms. The minimum Gasteiger partial charge on any atom is -0.293 e. The first kappa shape index (κ1) is 17.6. The van der Waals surface area contributed by atoms with Crippen LogP contribution in [0.15, 0.2) is 40.3 Å². The van der Waals surface area contributed by atoms with Crippen molar-refractivity contribution in [1.29, 1.82) is 0 Å². The summed E-state index contributed by atoms with van der Waals surface area (Å²) in [5, 5.41) is 1.21. The number of aromatic nitrogens is 4. The monoisotopic (exact) mass is 412 g/mol. The molecule has 28 heavy (non-hydrogen) atoms. The fraction of sp³-hybridized carbons (Fsp3) is 0.300. The smallest absolute Gasteiger partial charge is 0.262 e. The third-order valence-electron chi connectivity index (χ3n) is 5.20. The average molecular weight is 413 g/mol. The molecule has 1 aliphatic carbocycles. The van der Waals surface area contributed by atoms with E-state index in [1.165, 1.54) is 39.9 Å². The van der Waals surface area contributed by atoms with Crippen LogP contribution in [0.2, 0.25) is 5.02 Å². The van der Waals surface area contributed by atoms with Gasteiger partial charge in [-0.05, 0) is 43.4 Å². The summed E-state index contributed by atoms with van der Waals surface area (Å²) in [6.45, 7) is 0.209. The van der Waals surface area contributed by atoms with Gasteiger partial charge < -0.3 is 0 Å². The lowest BCUT2D eigenvalue weighted by molar-refractivity contribution is 0.711. The lowest BCUT2D eigenvalue weighted by Gasteiger charge is -2.07. The summed E-state index contributed by atoms with van der Waals surface area (Å²) in [6, 6.07) is 4.82. The molecular weight excluding hydrogens is 396 g/mol. The van der Waals surface area contributed by atoms with E-state index < -0.39 is 0 Å². The highest BCUT2D eigenvalue weighted by Crippen LogP contribution is 2.32. The fourth-order valence-corrected chi connectivity index (χ4v) is 5.23.